The number of ether oxygens (including phenoxy) is 2. The summed E-state index contributed by atoms with van der Waals surface area (Å²) >= 11 is 0. The average molecular weight is 266 g/mol. The van der Waals surface area contributed by atoms with Crippen LogP contribution in [0, 0.1) is 0 Å². The Hall–Kier alpha value is -1.56. The number of hydrogen-bond acceptors (Lipinski definition) is 6. The highest BCUT2D eigenvalue weighted by Crippen LogP contribution is 2.27. The van der Waals surface area contributed by atoms with E-state index in [1.54, 1.807) is 20.3 Å². The number of anilines is 1. The summed E-state index contributed by atoms with van der Waals surface area (Å²) in [6, 6.07) is 2.03. The molecule has 0 bridgehead atoms. The number of nitrogens with two attached hydrogens (primary N) is 1. The van der Waals surface area contributed by atoms with Gasteiger partial charge in [0, 0.05) is 18.6 Å². The van der Waals surface area contributed by atoms with Crippen LogP contribution in [0.3, 0.4) is 0 Å². The summed E-state index contributed by atoms with van der Waals surface area (Å²) in [6.45, 7) is 2.95. The van der Waals surface area contributed by atoms with Gasteiger partial charge in [-0.05, 0) is 26.2 Å². The molecule has 6 nitrogen and oxygen atoms in total. The molecule has 2 heterocycles. The standard InChI is InChI=1S/C13H22N4O2/c1-9(14)10-6-4-5-7-17(10)13-15-11(18-2)8-12(16-13)19-3/h8-10H,4-7,14H2,1-3H3. The largest absolute Gasteiger partial charge is 0.481 e. The van der Waals surface area contributed by atoms with Gasteiger partial charge in [0.05, 0.1) is 20.3 Å². The van der Waals surface area contributed by atoms with Gasteiger partial charge in [-0.15, -0.1) is 0 Å². The normalized spacial score (nSPS) is 21.1. The molecule has 0 spiro atoms. The van der Waals surface area contributed by atoms with E-state index >= 15 is 0 Å². The van der Waals surface area contributed by atoms with Crippen LogP contribution in [-0.4, -0.2) is 42.8 Å². The average Bonchev–Trinajstić information content (AvgIpc) is 2.46. The second kappa shape index (κ2) is 6.06. The van der Waals surface area contributed by atoms with Crippen molar-refractivity contribution in [1.82, 2.24) is 9.97 Å². The van der Waals surface area contributed by atoms with Crippen LogP contribution in [0.1, 0.15) is 26.2 Å². The number of aromatic nitrogens is 2. The van der Waals surface area contributed by atoms with E-state index in [9.17, 15) is 0 Å². The molecule has 2 unspecified atom stereocenters. The van der Waals surface area contributed by atoms with Crippen molar-refractivity contribution in [3.63, 3.8) is 0 Å². The summed E-state index contributed by atoms with van der Waals surface area (Å²) < 4.78 is 10.4. The second-order valence-electron chi connectivity index (χ2n) is 4.87. The third-order valence-electron chi connectivity index (χ3n) is 3.50. The fourth-order valence-electron chi connectivity index (χ4n) is 2.48. The third kappa shape index (κ3) is 3.07. The van der Waals surface area contributed by atoms with Gasteiger partial charge in [-0.2, -0.15) is 9.97 Å². The molecule has 1 fully saturated rings. The van der Waals surface area contributed by atoms with Gasteiger partial charge in [-0.3, -0.25) is 0 Å². The van der Waals surface area contributed by atoms with Gasteiger partial charge in [0.15, 0.2) is 0 Å². The van der Waals surface area contributed by atoms with Crippen LogP contribution in [0.25, 0.3) is 0 Å². The van der Waals surface area contributed by atoms with E-state index in [1.165, 1.54) is 6.42 Å². The topological polar surface area (TPSA) is 73.5 Å². The minimum atomic E-state index is 0.0843. The van der Waals surface area contributed by atoms with E-state index in [1.807, 2.05) is 6.92 Å². The summed E-state index contributed by atoms with van der Waals surface area (Å²) in [4.78, 5) is 11.0. The Bertz CT molecular complexity index is 403. The van der Waals surface area contributed by atoms with Gasteiger partial charge < -0.3 is 20.1 Å². The Balaban J connectivity index is 2.32. The van der Waals surface area contributed by atoms with Gasteiger partial charge >= 0.3 is 0 Å². The number of rotatable bonds is 4. The first kappa shape index (κ1) is 13.9. The molecule has 2 atom stereocenters. The number of nitrogens with zero attached hydrogens (tertiary/aromatic N) is 3. The predicted molar refractivity (Wildman–Crippen MR) is 73.8 cm³/mol. The number of hydrogen-bond donors (Lipinski definition) is 1. The molecule has 106 valence electrons. The minimum absolute atomic E-state index is 0.0843. The Morgan fingerprint density at radius 2 is 1.89 bits per heavy atom. The Kier molecular flexibility index (Phi) is 4.42. The first-order valence-corrected chi connectivity index (χ1v) is 6.65. The number of piperidine rings is 1. The van der Waals surface area contributed by atoms with Crippen LogP contribution in [0.5, 0.6) is 11.8 Å². The van der Waals surface area contributed by atoms with Crippen LogP contribution in [-0.2, 0) is 0 Å². The molecule has 0 aliphatic carbocycles. The zero-order valence-corrected chi connectivity index (χ0v) is 11.8. The SMILES string of the molecule is COc1cc(OC)nc(N2CCCCC2C(C)N)n1. The summed E-state index contributed by atoms with van der Waals surface area (Å²) in [7, 11) is 3.18. The number of methoxy groups -OCH3 is 2. The molecule has 1 aliphatic rings. The van der Waals surface area contributed by atoms with Gasteiger partial charge in [0.2, 0.25) is 17.7 Å². The summed E-state index contributed by atoms with van der Waals surface area (Å²) in [5.74, 6) is 1.66. The van der Waals surface area contributed by atoms with Crippen molar-refractivity contribution in [3.8, 4) is 11.8 Å². The minimum Gasteiger partial charge on any atom is -0.481 e. The van der Waals surface area contributed by atoms with Crippen molar-refractivity contribution in [1.29, 1.82) is 0 Å². The van der Waals surface area contributed by atoms with E-state index in [-0.39, 0.29) is 12.1 Å². The van der Waals surface area contributed by atoms with Crippen LogP contribution < -0.4 is 20.1 Å². The first-order chi connectivity index (χ1) is 9.15. The molecule has 0 aromatic carbocycles. The molecule has 0 saturated carbocycles. The maximum absolute atomic E-state index is 6.08. The highest BCUT2D eigenvalue weighted by atomic mass is 16.5. The first-order valence-electron chi connectivity index (χ1n) is 6.65. The molecule has 1 aromatic heterocycles. The van der Waals surface area contributed by atoms with Crippen molar-refractivity contribution in [2.45, 2.75) is 38.3 Å². The van der Waals surface area contributed by atoms with Gasteiger partial charge in [-0.25, -0.2) is 0 Å². The highest BCUT2D eigenvalue weighted by molar-refractivity contribution is 5.39. The lowest BCUT2D eigenvalue weighted by Gasteiger charge is -2.38. The second-order valence-corrected chi connectivity index (χ2v) is 4.87. The highest BCUT2D eigenvalue weighted by Gasteiger charge is 2.28. The maximum Gasteiger partial charge on any atom is 0.232 e. The van der Waals surface area contributed by atoms with E-state index in [4.69, 9.17) is 15.2 Å². The Morgan fingerprint density at radius 3 is 2.42 bits per heavy atom. The zero-order valence-electron chi connectivity index (χ0n) is 11.8. The monoisotopic (exact) mass is 266 g/mol. The molecule has 19 heavy (non-hydrogen) atoms. The molecular weight excluding hydrogens is 244 g/mol. The third-order valence-corrected chi connectivity index (χ3v) is 3.50. The van der Waals surface area contributed by atoms with Crippen LogP contribution in [0.4, 0.5) is 5.95 Å². The Morgan fingerprint density at radius 1 is 1.26 bits per heavy atom. The fraction of sp³-hybridized carbons (Fsp3) is 0.692. The van der Waals surface area contributed by atoms with E-state index < -0.39 is 0 Å². The maximum atomic E-state index is 6.08. The van der Waals surface area contributed by atoms with Crippen molar-refractivity contribution in [3.05, 3.63) is 6.07 Å². The molecular formula is C13H22N4O2. The van der Waals surface area contributed by atoms with Crippen molar-refractivity contribution in [2.75, 3.05) is 25.7 Å². The van der Waals surface area contributed by atoms with Gasteiger partial charge in [0.1, 0.15) is 0 Å². The fourth-order valence-corrected chi connectivity index (χ4v) is 2.48. The summed E-state index contributed by atoms with van der Waals surface area (Å²) in [6.07, 6.45) is 3.40. The predicted octanol–water partition coefficient (Wildman–Crippen LogP) is 1.20. The lowest BCUT2D eigenvalue weighted by molar-refractivity contribution is 0.363. The smallest absolute Gasteiger partial charge is 0.232 e. The van der Waals surface area contributed by atoms with Crippen LogP contribution >= 0.6 is 0 Å². The molecule has 1 saturated heterocycles. The molecule has 1 aliphatic heterocycles. The van der Waals surface area contributed by atoms with Crippen LogP contribution in [0.2, 0.25) is 0 Å². The molecule has 1 aromatic rings. The molecule has 2 N–H and O–H groups in total. The lowest BCUT2D eigenvalue weighted by Crippen LogP contribution is -2.50. The van der Waals surface area contributed by atoms with Gasteiger partial charge in [0.25, 0.3) is 0 Å². The van der Waals surface area contributed by atoms with Gasteiger partial charge in [-0.1, -0.05) is 0 Å². The van der Waals surface area contributed by atoms with Crippen molar-refractivity contribution in [2.24, 2.45) is 5.73 Å². The van der Waals surface area contributed by atoms with Crippen LogP contribution in [0.15, 0.2) is 6.07 Å². The molecule has 6 heteroatoms. The van der Waals surface area contributed by atoms with E-state index in [2.05, 4.69) is 14.9 Å². The van der Waals surface area contributed by atoms with Crippen molar-refractivity contribution < 1.29 is 9.47 Å². The molecule has 0 radical (unpaired) electrons. The van der Waals surface area contributed by atoms with E-state index in [0.717, 1.165) is 19.4 Å². The molecule has 0 amide bonds. The lowest BCUT2D eigenvalue weighted by atomic mass is 9.97. The van der Waals surface area contributed by atoms with Crippen molar-refractivity contribution >= 4 is 5.95 Å². The summed E-state index contributed by atoms with van der Waals surface area (Å²) in [5.41, 5.74) is 6.08. The quantitative estimate of drug-likeness (QED) is 0.882. The zero-order chi connectivity index (χ0) is 13.8. The Labute approximate surface area is 113 Å². The molecule has 2 rings (SSSR count). The van der Waals surface area contributed by atoms with E-state index in [0.29, 0.717) is 17.7 Å². The summed E-state index contributed by atoms with van der Waals surface area (Å²) in [5, 5.41) is 0.